The molecule has 24 heavy (non-hydrogen) atoms. The summed E-state index contributed by atoms with van der Waals surface area (Å²) in [5, 5.41) is 5.68. The maximum Gasteiger partial charge on any atom is 0.278 e. The van der Waals surface area contributed by atoms with Crippen LogP contribution in [0.15, 0.2) is 35.8 Å². The number of carbonyl (C=O) groups is 1. The second-order valence-electron chi connectivity index (χ2n) is 6.57. The number of hydrogen-bond donors (Lipinski definition) is 1. The van der Waals surface area contributed by atoms with Crippen molar-refractivity contribution in [3.8, 4) is 10.9 Å². The zero-order valence-electron chi connectivity index (χ0n) is 13.5. The Morgan fingerprint density at radius 3 is 2.75 bits per heavy atom. The topological polar surface area (TPSA) is 54.5 Å². The molecule has 1 atom stereocenters. The molecule has 3 saturated heterocycles. The van der Waals surface area contributed by atoms with E-state index in [-0.39, 0.29) is 11.9 Å². The Labute approximate surface area is 145 Å². The van der Waals surface area contributed by atoms with Crippen molar-refractivity contribution in [1.82, 2.24) is 15.2 Å². The molecule has 0 spiro atoms. The number of nitrogens with zero attached hydrogens (tertiary/aromatic N) is 2. The first-order valence-electron chi connectivity index (χ1n) is 8.47. The molecule has 0 radical (unpaired) electrons. The summed E-state index contributed by atoms with van der Waals surface area (Å²) in [4.78, 5) is 19.1. The fourth-order valence-electron chi connectivity index (χ4n) is 3.60. The summed E-state index contributed by atoms with van der Waals surface area (Å²) in [6.45, 7) is 3.34. The number of aromatic nitrogens is 1. The number of piperidine rings is 1. The highest BCUT2D eigenvalue weighted by molar-refractivity contribution is 7.11. The van der Waals surface area contributed by atoms with Crippen LogP contribution in [0.1, 0.15) is 29.6 Å². The molecular formula is C18H21N3O2S. The van der Waals surface area contributed by atoms with E-state index < -0.39 is 0 Å². The molecule has 0 saturated carbocycles. The first kappa shape index (κ1) is 15.6. The van der Waals surface area contributed by atoms with Gasteiger partial charge in [0, 0.05) is 29.7 Å². The molecule has 126 valence electrons. The molecular weight excluding hydrogens is 322 g/mol. The zero-order valence-corrected chi connectivity index (χ0v) is 14.3. The van der Waals surface area contributed by atoms with Gasteiger partial charge >= 0.3 is 0 Å². The maximum absolute atomic E-state index is 12.5. The largest absolute Gasteiger partial charge is 0.431 e. The van der Waals surface area contributed by atoms with Crippen LogP contribution in [0.3, 0.4) is 0 Å². The van der Waals surface area contributed by atoms with Gasteiger partial charge in [0.2, 0.25) is 0 Å². The molecule has 3 aliphatic rings. The molecule has 3 aliphatic heterocycles. The molecule has 4 heterocycles. The maximum atomic E-state index is 12.5. The Morgan fingerprint density at radius 1 is 1.25 bits per heavy atom. The minimum Gasteiger partial charge on any atom is -0.431 e. The van der Waals surface area contributed by atoms with Gasteiger partial charge in [-0.2, -0.15) is 0 Å². The summed E-state index contributed by atoms with van der Waals surface area (Å²) in [6.07, 6.45) is 5.36. The highest BCUT2D eigenvalue weighted by Crippen LogP contribution is 2.27. The highest BCUT2D eigenvalue weighted by Gasteiger charge is 2.29. The first-order valence-corrected chi connectivity index (χ1v) is 9.35. The van der Waals surface area contributed by atoms with Crippen LogP contribution >= 0.6 is 11.3 Å². The van der Waals surface area contributed by atoms with Crippen molar-refractivity contribution in [2.24, 2.45) is 5.92 Å². The normalized spacial score (nSPS) is 25.9. The van der Waals surface area contributed by atoms with Crippen LogP contribution < -0.4 is 10.1 Å². The lowest BCUT2D eigenvalue weighted by atomic mass is 9.94. The summed E-state index contributed by atoms with van der Waals surface area (Å²) in [7, 11) is 0. The minimum atomic E-state index is 0.00305. The summed E-state index contributed by atoms with van der Waals surface area (Å²) in [6, 6.07) is 7.51. The molecule has 6 heteroatoms. The van der Waals surface area contributed by atoms with Gasteiger partial charge in [0.1, 0.15) is 5.75 Å². The Morgan fingerprint density at radius 2 is 2.04 bits per heavy atom. The second kappa shape index (κ2) is 6.91. The summed E-state index contributed by atoms with van der Waals surface area (Å²) >= 11 is 1.44. The lowest BCUT2D eigenvalue weighted by Crippen LogP contribution is -2.41. The van der Waals surface area contributed by atoms with E-state index in [2.05, 4.69) is 15.2 Å². The molecule has 0 aliphatic carbocycles. The number of rotatable bonds is 4. The number of amides is 1. The molecule has 1 N–H and O–H groups in total. The number of ether oxygens (including phenoxy) is 1. The van der Waals surface area contributed by atoms with Crippen molar-refractivity contribution in [2.45, 2.75) is 25.3 Å². The molecule has 3 fully saturated rings. The lowest BCUT2D eigenvalue weighted by Gasteiger charge is -2.26. The van der Waals surface area contributed by atoms with Gasteiger partial charge in [-0.15, -0.1) is 0 Å². The van der Waals surface area contributed by atoms with Crippen LogP contribution in [-0.2, 0) is 0 Å². The first-order chi connectivity index (χ1) is 11.8. The van der Waals surface area contributed by atoms with E-state index >= 15 is 0 Å². The SMILES string of the molecule is O=C(NC1CC2CCN(CC2)C1)c1ccc(Oc2nccs2)cc1. The smallest absolute Gasteiger partial charge is 0.278 e. The van der Waals surface area contributed by atoms with Gasteiger partial charge in [-0.3, -0.25) is 4.79 Å². The van der Waals surface area contributed by atoms with E-state index in [1.165, 1.54) is 37.3 Å². The number of carbonyl (C=O) groups excluding carboxylic acids is 1. The minimum absolute atomic E-state index is 0.00305. The van der Waals surface area contributed by atoms with E-state index in [1.54, 1.807) is 6.20 Å². The molecule has 5 nitrogen and oxygen atoms in total. The van der Waals surface area contributed by atoms with Crippen LogP contribution in [0.4, 0.5) is 0 Å². The van der Waals surface area contributed by atoms with E-state index in [4.69, 9.17) is 4.74 Å². The third-order valence-electron chi connectivity index (χ3n) is 4.87. The molecule has 1 amide bonds. The van der Waals surface area contributed by atoms with Crippen molar-refractivity contribution in [3.05, 3.63) is 41.4 Å². The average Bonchev–Trinajstić information content (AvgIpc) is 2.94. The van der Waals surface area contributed by atoms with Crippen LogP contribution in [0.2, 0.25) is 0 Å². The molecule has 1 aromatic carbocycles. The van der Waals surface area contributed by atoms with Crippen LogP contribution in [0.5, 0.6) is 10.9 Å². The molecule has 1 aromatic heterocycles. The second-order valence-corrected chi connectivity index (χ2v) is 7.43. The third-order valence-corrected chi connectivity index (χ3v) is 5.52. The highest BCUT2D eigenvalue weighted by atomic mass is 32.1. The Balaban J connectivity index is 1.37. The van der Waals surface area contributed by atoms with E-state index in [9.17, 15) is 4.79 Å². The predicted molar refractivity (Wildman–Crippen MR) is 93.7 cm³/mol. The van der Waals surface area contributed by atoms with Crippen molar-refractivity contribution in [2.75, 3.05) is 19.6 Å². The predicted octanol–water partition coefficient (Wildman–Crippen LogP) is 3.15. The van der Waals surface area contributed by atoms with E-state index in [0.717, 1.165) is 18.9 Å². The third kappa shape index (κ3) is 3.60. The Kier molecular flexibility index (Phi) is 4.49. The van der Waals surface area contributed by atoms with Gasteiger partial charge in [0.15, 0.2) is 0 Å². The summed E-state index contributed by atoms with van der Waals surface area (Å²) < 4.78 is 5.62. The quantitative estimate of drug-likeness (QED) is 0.926. The van der Waals surface area contributed by atoms with Gasteiger partial charge in [0.25, 0.3) is 11.1 Å². The van der Waals surface area contributed by atoms with Crippen LogP contribution in [0, 0.1) is 5.92 Å². The lowest BCUT2D eigenvalue weighted by molar-refractivity contribution is 0.0929. The van der Waals surface area contributed by atoms with E-state index in [1.807, 2.05) is 29.6 Å². The van der Waals surface area contributed by atoms with Crippen molar-refractivity contribution < 1.29 is 9.53 Å². The van der Waals surface area contributed by atoms with Crippen molar-refractivity contribution in [3.63, 3.8) is 0 Å². The number of fused-ring (bicyclic) bond motifs is 4. The number of nitrogens with one attached hydrogen (secondary N) is 1. The fourth-order valence-corrected chi connectivity index (χ4v) is 4.11. The van der Waals surface area contributed by atoms with E-state index in [0.29, 0.717) is 16.5 Å². The van der Waals surface area contributed by atoms with Crippen molar-refractivity contribution in [1.29, 1.82) is 0 Å². The zero-order chi connectivity index (χ0) is 16.4. The van der Waals surface area contributed by atoms with Gasteiger partial charge in [-0.1, -0.05) is 11.3 Å². The van der Waals surface area contributed by atoms with Crippen LogP contribution in [0.25, 0.3) is 0 Å². The Hall–Kier alpha value is -1.92. The van der Waals surface area contributed by atoms with Crippen molar-refractivity contribution >= 4 is 17.2 Å². The van der Waals surface area contributed by atoms with Gasteiger partial charge < -0.3 is 15.0 Å². The van der Waals surface area contributed by atoms with Gasteiger partial charge in [-0.05, 0) is 62.5 Å². The number of hydrogen-bond acceptors (Lipinski definition) is 5. The number of benzene rings is 1. The summed E-state index contributed by atoms with van der Waals surface area (Å²) in [5.74, 6) is 1.46. The summed E-state index contributed by atoms with van der Waals surface area (Å²) in [5.41, 5.74) is 0.674. The fraction of sp³-hybridized carbons (Fsp3) is 0.444. The van der Waals surface area contributed by atoms with Crippen LogP contribution in [-0.4, -0.2) is 41.5 Å². The molecule has 2 bridgehead atoms. The molecule has 5 rings (SSSR count). The molecule has 2 aromatic rings. The molecule has 1 unspecified atom stereocenters. The van der Waals surface area contributed by atoms with Gasteiger partial charge in [0.05, 0.1) is 0 Å². The monoisotopic (exact) mass is 343 g/mol. The Bertz CT molecular complexity index is 665. The standard InChI is InChI=1S/C18H21N3O2S/c22-17(20-15-11-13-5-8-21(12-15)9-6-13)14-1-3-16(4-2-14)23-18-19-7-10-24-18/h1-4,7,10,13,15H,5-6,8-9,11-12H2,(H,20,22). The van der Waals surface area contributed by atoms with Gasteiger partial charge in [-0.25, -0.2) is 4.98 Å². The number of thiazole rings is 1. The average molecular weight is 343 g/mol.